The number of rotatable bonds is 9. The zero-order valence-corrected chi connectivity index (χ0v) is 13.8. The minimum atomic E-state index is -0.790. The van der Waals surface area contributed by atoms with Crippen molar-refractivity contribution >= 4 is 12.1 Å². The van der Waals surface area contributed by atoms with Crippen molar-refractivity contribution in [2.45, 2.75) is 45.6 Å². The second kappa shape index (κ2) is 10.4. The molecule has 0 bridgehead atoms. The van der Waals surface area contributed by atoms with Crippen molar-refractivity contribution in [3.8, 4) is 11.6 Å². The monoisotopic (exact) mass is 324 g/mol. The first-order chi connectivity index (χ1) is 11.1. The van der Waals surface area contributed by atoms with Crippen LogP contribution in [0.25, 0.3) is 0 Å². The van der Waals surface area contributed by atoms with Crippen molar-refractivity contribution in [2.75, 3.05) is 13.7 Å². The molecular weight excluding hydrogens is 300 g/mol. The highest BCUT2D eigenvalue weighted by Gasteiger charge is 2.15. The Kier molecular flexibility index (Phi) is 8.49. The number of carbonyl (C=O) groups is 2. The fourth-order valence-corrected chi connectivity index (χ4v) is 2.01. The lowest BCUT2D eigenvalue weighted by Gasteiger charge is -2.16. The maximum atomic E-state index is 11.8. The summed E-state index contributed by atoms with van der Waals surface area (Å²) in [5.74, 6) is -0.117. The van der Waals surface area contributed by atoms with Crippen LogP contribution in [0.5, 0.6) is 11.6 Å². The van der Waals surface area contributed by atoms with E-state index in [-0.39, 0.29) is 18.5 Å². The van der Waals surface area contributed by atoms with E-state index in [0.29, 0.717) is 5.75 Å². The van der Waals surface area contributed by atoms with Gasteiger partial charge in [-0.1, -0.05) is 26.7 Å². The van der Waals surface area contributed by atoms with Crippen molar-refractivity contribution in [2.24, 2.45) is 0 Å². The molecule has 1 heterocycles. The summed E-state index contributed by atoms with van der Waals surface area (Å²) in [7, 11) is 1.45. The van der Waals surface area contributed by atoms with Gasteiger partial charge in [-0.15, -0.1) is 0 Å². The maximum absolute atomic E-state index is 11.8. The number of hydrogen-bond acceptors (Lipinski definition) is 6. The Hall–Kier alpha value is -2.31. The normalized spacial score (nSPS) is 10.3. The summed E-state index contributed by atoms with van der Waals surface area (Å²) >= 11 is 0. The molecule has 1 amide bonds. The Morgan fingerprint density at radius 3 is 2.57 bits per heavy atom. The van der Waals surface area contributed by atoms with Crippen LogP contribution in [0, 0.1) is 0 Å². The van der Waals surface area contributed by atoms with Crippen LogP contribution in [0.2, 0.25) is 0 Å². The second-order valence-electron chi connectivity index (χ2n) is 4.94. The van der Waals surface area contributed by atoms with Gasteiger partial charge in [0.05, 0.1) is 7.11 Å². The summed E-state index contributed by atoms with van der Waals surface area (Å²) in [6.07, 6.45) is 4.08. The van der Waals surface area contributed by atoms with Crippen LogP contribution in [0.4, 0.5) is 4.79 Å². The number of amides is 1. The topological polar surface area (TPSA) is 86.8 Å². The third-order valence-electron chi connectivity index (χ3n) is 3.04. The van der Waals surface area contributed by atoms with Crippen LogP contribution >= 0.6 is 0 Å². The molecule has 0 aliphatic rings. The number of methoxy groups -OCH3 is 1. The van der Waals surface area contributed by atoms with Gasteiger partial charge in [-0.05, 0) is 25.0 Å². The minimum Gasteiger partial charge on any atom is -0.491 e. The summed E-state index contributed by atoms with van der Waals surface area (Å²) < 4.78 is 15.3. The summed E-state index contributed by atoms with van der Waals surface area (Å²) in [5, 5.41) is 2.34. The zero-order chi connectivity index (χ0) is 17.1. The highest BCUT2D eigenvalue weighted by atomic mass is 16.6. The number of ether oxygens (including phenoxy) is 3. The Balaban J connectivity index is 2.41. The minimum absolute atomic E-state index is 0.0377. The van der Waals surface area contributed by atoms with Crippen molar-refractivity contribution in [1.82, 2.24) is 10.3 Å². The van der Waals surface area contributed by atoms with Gasteiger partial charge in [0.15, 0.2) is 5.75 Å². The second-order valence-corrected chi connectivity index (χ2v) is 4.94. The molecule has 0 unspecified atom stereocenters. The van der Waals surface area contributed by atoms with Crippen molar-refractivity contribution in [1.29, 1.82) is 0 Å². The molecule has 0 fully saturated rings. The van der Waals surface area contributed by atoms with Crippen molar-refractivity contribution in [3.05, 3.63) is 18.3 Å². The molecule has 0 radical (unpaired) electrons. The average molecular weight is 324 g/mol. The number of carbonyl (C=O) groups excluding carboxylic acids is 2. The SMILES string of the molecule is CCCC(CCC)OC(=O)CNC(=O)Oc1ncccc1OC. The van der Waals surface area contributed by atoms with Gasteiger partial charge in [0, 0.05) is 6.20 Å². The van der Waals surface area contributed by atoms with Gasteiger partial charge < -0.3 is 19.5 Å². The van der Waals surface area contributed by atoms with Gasteiger partial charge in [0.1, 0.15) is 12.6 Å². The van der Waals surface area contributed by atoms with E-state index in [1.54, 1.807) is 12.1 Å². The molecule has 0 aliphatic heterocycles. The van der Waals surface area contributed by atoms with Crippen LogP contribution in [0.1, 0.15) is 39.5 Å². The first-order valence-corrected chi connectivity index (χ1v) is 7.74. The molecule has 0 saturated carbocycles. The van der Waals surface area contributed by atoms with Crippen LogP contribution in [0.15, 0.2) is 18.3 Å². The maximum Gasteiger partial charge on any atom is 0.414 e. The van der Waals surface area contributed by atoms with E-state index < -0.39 is 12.1 Å². The first kappa shape index (κ1) is 18.7. The molecule has 0 atom stereocenters. The van der Waals surface area contributed by atoms with Crippen LogP contribution in [-0.4, -0.2) is 36.8 Å². The van der Waals surface area contributed by atoms with Crippen LogP contribution < -0.4 is 14.8 Å². The van der Waals surface area contributed by atoms with E-state index in [4.69, 9.17) is 14.2 Å². The fraction of sp³-hybridized carbons (Fsp3) is 0.562. The predicted octanol–water partition coefficient (Wildman–Crippen LogP) is 2.69. The third kappa shape index (κ3) is 6.99. The summed E-state index contributed by atoms with van der Waals surface area (Å²) in [6.45, 7) is 3.82. The Morgan fingerprint density at radius 1 is 1.26 bits per heavy atom. The molecule has 1 rings (SSSR count). The van der Waals surface area contributed by atoms with Gasteiger partial charge in [-0.3, -0.25) is 4.79 Å². The van der Waals surface area contributed by atoms with Gasteiger partial charge in [0.25, 0.3) is 5.88 Å². The molecule has 0 saturated heterocycles. The molecule has 128 valence electrons. The number of nitrogens with one attached hydrogen (secondary N) is 1. The lowest BCUT2D eigenvalue weighted by atomic mass is 10.1. The Labute approximate surface area is 136 Å². The lowest BCUT2D eigenvalue weighted by molar-refractivity contribution is -0.148. The van der Waals surface area contributed by atoms with Crippen LogP contribution in [-0.2, 0) is 9.53 Å². The number of aromatic nitrogens is 1. The van der Waals surface area contributed by atoms with Crippen molar-refractivity contribution in [3.63, 3.8) is 0 Å². The van der Waals surface area contributed by atoms with E-state index in [2.05, 4.69) is 10.3 Å². The lowest BCUT2D eigenvalue weighted by Crippen LogP contribution is -2.34. The van der Waals surface area contributed by atoms with Crippen molar-refractivity contribution < 1.29 is 23.8 Å². The summed E-state index contributed by atoms with van der Waals surface area (Å²) in [5.41, 5.74) is 0. The summed E-state index contributed by atoms with van der Waals surface area (Å²) in [6, 6.07) is 3.27. The molecule has 7 nitrogen and oxygen atoms in total. The number of esters is 1. The average Bonchev–Trinajstić information content (AvgIpc) is 2.54. The van der Waals surface area contributed by atoms with E-state index in [0.717, 1.165) is 25.7 Å². The van der Waals surface area contributed by atoms with Gasteiger partial charge in [0.2, 0.25) is 0 Å². The zero-order valence-electron chi connectivity index (χ0n) is 13.8. The summed E-state index contributed by atoms with van der Waals surface area (Å²) in [4.78, 5) is 27.3. The molecule has 0 aliphatic carbocycles. The largest absolute Gasteiger partial charge is 0.491 e. The van der Waals surface area contributed by atoms with Crippen LogP contribution in [0.3, 0.4) is 0 Å². The number of nitrogens with zero attached hydrogens (tertiary/aromatic N) is 1. The Morgan fingerprint density at radius 2 is 1.96 bits per heavy atom. The molecule has 23 heavy (non-hydrogen) atoms. The first-order valence-electron chi connectivity index (χ1n) is 7.74. The van der Waals surface area contributed by atoms with E-state index in [9.17, 15) is 9.59 Å². The smallest absolute Gasteiger partial charge is 0.414 e. The van der Waals surface area contributed by atoms with E-state index >= 15 is 0 Å². The highest BCUT2D eigenvalue weighted by molar-refractivity contribution is 5.79. The van der Waals surface area contributed by atoms with E-state index in [1.807, 2.05) is 13.8 Å². The van der Waals surface area contributed by atoms with E-state index in [1.165, 1.54) is 13.3 Å². The van der Waals surface area contributed by atoms with Gasteiger partial charge in [-0.2, -0.15) is 0 Å². The molecule has 7 heteroatoms. The standard InChI is InChI=1S/C16H24N2O5/c1-4-7-12(8-5-2)22-14(19)11-18-16(20)23-15-13(21-3)9-6-10-17-15/h6,9-10,12H,4-5,7-8,11H2,1-3H3,(H,18,20). The number of hydrogen-bond donors (Lipinski definition) is 1. The molecule has 1 N–H and O–H groups in total. The Bertz CT molecular complexity index is 501. The molecule has 1 aromatic rings. The highest BCUT2D eigenvalue weighted by Crippen LogP contribution is 2.22. The molecule has 1 aromatic heterocycles. The molecule has 0 spiro atoms. The molecular formula is C16H24N2O5. The quantitative estimate of drug-likeness (QED) is 0.703. The predicted molar refractivity (Wildman–Crippen MR) is 84.5 cm³/mol. The van der Waals surface area contributed by atoms with Gasteiger partial charge in [-0.25, -0.2) is 9.78 Å². The third-order valence-corrected chi connectivity index (χ3v) is 3.04. The molecule has 0 aromatic carbocycles. The number of pyridine rings is 1. The van der Waals surface area contributed by atoms with Gasteiger partial charge >= 0.3 is 12.1 Å². The fourth-order valence-electron chi connectivity index (χ4n) is 2.01.